The number of urea groups is 1. The molecule has 1 unspecified atom stereocenters. The Hall–Kier alpha value is -0.560. The van der Waals surface area contributed by atoms with E-state index < -0.39 is 12.0 Å². The normalized spacial score (nSPS) is 19.9. The van der Waals surface area contributed by atoms with E-state index in [-0.39, 0.29) is 6.03 Å². The van der Waals surface area contributed by atoms with Gasteiger partial charge >= 0.3 is 12.0 Å². The Bertz CT molecular complexity index is 275. The van der Waals surface area contributed by atoms with Crippen molar-refractivity contribution in [2.24, 2.45) is 0 Å². The first-order valence-corrected chi connectivity index (χ1v) is 7.44. The maximum absolute atomic E-state index is 11.9. The predicted molar refractivity (Wildman–Crippen MR) is 67.0 cm³/mol. The molecule has 1 rings (SSSR count). The Balaban J connectivity index is 2.55. The van der Waals surface area contributed by atoms with E-state index in [1.165, 1.54) is 16.7 Å². The molecule has 1 atom stereocenters. The number of hydrogen-bond acceptors (Lipinski definition) is 4. The summed E-state index contributed by atoms with van der Waals surface area (Å²) in [4.78, 5) is 25.9. The Morgan fingerprint density at radius 3 is 2.88 bits per heavy atom. The molecule has 16 heavy (non-hydrogen) atoms. The van der Waals surface area contributed by atoms with Crippen molar-refractivity contribution in [1.82, 2.24) is 9.80 Å². The average molecular weight is 264 g/mol. The fraction of sp³-hybridized carbons (Fsp3) is 0.778. The third kappa shape index (κ3) is 3.21. The summed E-state index contributed by atoms with van der Waals surface area (Å²) in [6.45, 7) is 0.646. The molecule has 1 aliphatic heterocycles. The van der Waals surface area contributed by atoms with E-state index in [9.17, 15) is 9.59 Å². The van der Waals surface area contributed by atoms with Gasteiger partial charge in [-0.15, -0.1) is 11.8 Å². The minimum absolute atomic E-state index is 0.188. The maximum Gasteiger partial charge on any atom is 0.327 e. The molecule has 1 heterocycles. The molecule has 0 saturated carbocycles. The van der Waals surface area contributed by atoms with E-state index in [1.807, 2.05) is 6.26 Å². The zero-order valence-electron chi connectivity index (χ0n) is 9.38. The quantitative estimate of drug-likeness (QED) is 0.816. The lowest BCUT2D eigenvalue weighted by molar-refractivity contribution is -0.140. The first-order chi connectivity index (χ1) is 7.57. The first kappa shape index (κ1) is 13.5. The summed E-state index contributed by atoms with van der Waals surface area (Å²) < 4.78 is 0. The van der Waals surface area contributed by atoms with E-state index in [2.05, 4.69) is 0 Å². The molecule has 0 spiro atoms. The van der Waals surface area contributed by atoms with Gasteiger partial charge in [-0.3, -0.25) is 0 Å². The van der Waals surface area contributed by atoms with Gasteiger partial charge in [0.1, 0.15) is 6.04 Å². The van der Waals surface area contributed by atoms with Gasteiger partial charge < -0.3 is 14.9 Å². The highest BCUT2D eigenvalue weighted by molar-refractivity contribution is 7.99. The van der Waals surface area contributed by atoms with Crippen LogP contribution in [0.3, 0.4) is 0 Å². The summed E-state index contributed by atoms with van der Waals surface area (Å²) in [5, 5.41) is 8.96. The van der Waals surface area contributed by atoms with Crippen molar-refractivity contribution >= 4 is 35.5 Å². The van der Waals surface area contributed by atoms with Crippen molar-refractivity contribution in [1.29, 1.82) is 0 Å². The molecule has 0 aliphatic carbocycles. The zero-order chi connectivity index (χ0) is 12.1. The lowest BCUT2D eigenvalue weighted by Gasteiger charge is -2.26. The van der Waals surface area contributed by atoms with Crippen LogP contribution in [-0.2, 0) is 4.79 Å². The first-order valence-electron chi connectivity index (χ1n) is 4.89. The van der Waals surface area contributed by atoms with Crippen LogP contribution >= 0.6 is 23.5 Å². The monoisotopic (exact) mass is 264 g/mol. The second-order valence-corrected chi connectivity index (χ2v) is 5.51. The third-order valence-electron chi connectivity index (χ3n) is 2.37. The summed E-state index contributed by atoms with van der Waals surface area (Å²) in [6, 6.07) is -0.860. The summed E-state index contributed by atoms with van der Waals surface area (Å²) >= 11 is 3.14. The van der Waals surface area contributed by atoms with Crippen LogP contribution in [0, 0.1) is 0 Å². The summed E-state index contributed by atoms with van der Waals surface area (Å²) in [5.41, 5.74) is 0. The van der Waals surface area contributed by atoms with Gasteiger partial charge in [0.15, 0.2) is 0 Å². The molecular weight excluding hydrogens is 248 g/mol. The number of nitrogens with zero attached hydrogens (tertiary/aromatic N) is 2. The molecule has 1 aliphatic rings. The fourth-order valence-electron chi connectivity index (χ4n) is 1.38. The van der Waals surface area contributed by atoms with Gasteiger partial charge in [-0.1, -0.05) is 0 Å². The number of thioether (sulfide) groups is 2. The molecular formula is C9H16N2O3S2. The van der Waals surface area contributed by atoms with Crippen molar-refractivity contribution in [3.63, 3.8) is 0 Å². The van der Waals surface area contributed by atoms with E-state index in [0.29, 0.717) is 18.2 Å². The molecule has 7 heteroatoms. The predicted octanol–water partition coefficient (Wildman–Crippen LogP) is 0.861. The highest BCUT2D eigenvalue weighted by atomic mass is 32.2. The van der Waals surface area contributed by atoms with E-state index in [1.54, 1.807) is 23.7 Å². The second-order valence-electron chi connectivity index (χ2n) is 3.52. The molecule has 92 valence electrons. The number of carboxylic acids is 1. The minimum atomic E-state index is -0.920. The van der Waals surface area contributed by atoms with Gasteiger partial charge in [-0.05, 0) is 6.26 Å². The molecule has 0 radical (unpaired) electrons. The number of carboxylic acid groups (broad SMARTS) is 1. The number of carbonyl (C=O) groups is 2. The van der Waals surface area contributed by atoms with Gasteiger partial charge in [-0.25, -0.2) is 9.59 Å². The minimum Gasteiger partial charge on any atom is -0.480 e. The largest absolute Gasteiger partial charge is 0.480 e. The summed E-state index contributed by atoms with van der Waals surface area (Å²) in [7, 11) is 1.71. The average Bonchev–Trinajstić information content (AvgIpc) is 2.73. The Morgan fingerprint density at radius 1 is 1.62 bits per heavy atom. The molecule has 2 amide bonds. The standard InChI is InChI=1S/C9H16N2O3S2/c1-10(3-4-15-2)9(14)11-6-16-5-7(11)8(12)13/h7H,3-6H2,1-2H3,(H,12,13). The molecule has 1 saturated heterocycles. The molecule has 1 fully saturated rings. The van der Waals surface area contributed by atoms with E-state index in [4.69, 9.17) is 5.11 Å². The van der Waals surface area contributed by atoms with Crippen molar-refractivity contribution in [3.8, 4) is 0 Å². The van der Waals surface area contributed by atoms with Crippen molar-refractivity contribution in [2.45, 2.75) is 6.04 Å². The van der Waals surface area contributed by atoms with Crippen LogP contribution in [0.25, 0.3) is 0 Å². The van der Waals surface area contributed by atoms with Crippen LogP contribution in [0.4, 0.5) is 4.79 Å². The topological polar surface area (TPSA) is 60.9 Å². The van der Waals surface area contributed by atoms with Gasteiger partial charge in [0.2, 0.25) is 0 Å². The maximum atomic E-state index is 11.9. The highest BCUT2D eigenvalue weighted by Gasteiger charge is 2.35. The number of amides is 2. The number of hydrogen-bond donors (Lipinski definition) is 1. The lowest BCUT2D eigenvalue weighted by atomic mass is 10.3. The molecule has 0 bridgehead atoms. The zero-order valence-corrected chi connectivity index (χ0v) is 11.0. The van der Waals surface area contributed by atoms with Crippen molar-refractivity contribution in [2.75, 3.05) is 37.2 Å². The molecule has 0 aromatic rings. The third-order valence-corrected chi connectivity index (χ3v) is 3.97. The Morgan fingerprint density at radius 2 is 2.31 bits per heavy atom. The SMILES string of the molecule is CSCCN(C)C(=O)N1CSCC1C(=O)O. The van der Waals surface area contributed by atoms with E-state index >= 15 is 0 Å². The molecule has 0 aromatic carbocycles. The van der Waals surface area contributed by atoms with Crippen LogP contribution in [-0.4, -0.2) is 70.2 Å². The highest BCUT2D eigenvalue weighted by Crippen LogP contribution is 2.22. The molecule has 0 aromatic heterocycles. The van der Waals surface area contributed by atoms with Gasteiger partial charge in [-0.2, -0.15) is 11.8 Å². The van der Waals surface area contributed by atoms with Gasteiger partial charge in [0.05, 0.1) is 5.88 Å². The number of rotatable bonds is 4. The molecule has 5 nitrogen and oxygen atoms in total. The van der Waals surface area contributed by atoms with Crippen LogP contribution in [0.2, 0.25) is 0 Å². The van der Waals surface area contributed by atoms with Crippen LogP contribution in [0.1, 0.15) is 0 Å². The summed E-state index contributed by atoms with van der Waals surface area (Å²) in [5.74, 6) is 0.897. The van der Waals surface area contributed by atoms with Crippen molar-refractivity contribution < 1.29 is 14.7 Å². The number of aliphatic carboxylic acids is 1. The fourth-order valence-corrected chi connectivity index (χ4v) is 2.97. The smallest absolute Gasteiger partial charge is 0.327 e. The van der Waals surface area contributed by atoms with Gasteiger partial charge in [0, 0.05) is 25.1 Å². The Kier molecular flexibility index (Phi) is 5.27. The van der Waals surface area contributed by atoms with E-state index in [0.717, 1.165) is 5.75 Å². The lowest BCUT2D eigenvalue weighted by Crippen LogP contribution is -2.48. The van der Waals surface area contributed by atoms with Crippen LogP contribution in [0.5, 0.6) is 0 Å². The second kappa shape index (κ2) is 6.24. The molecule has 1 N–H and O–H groups in total. The van der Waals surface area contributed by atoms with Crippen LogP contribution < -0.4 is 0 Å². The summed E-state index contributed by atoms with van der Waals surface area (Å²) in [6.07, 6.45) is 1.98. The number of carbonyl (C=O) groups excluding carboxylic acids is 1. The van der Waals surface area contributed by atoms with Crippen molar-refractivity contribution in [3.05, 3.63) is 0 Å². The van der Waals surface area contributed by atoms with Gasteiger partial charge in [0.25, 0.3) is 0 Å². The van der Waals surface area contributed by atoms with Crippen LogP contribution in [0.15, 0.2) is 0 Å². The Labute approximate surface area is 104 Å².